The summed E-state index contributed by atoms with van der Waals surface area (Å²) in [6.07, 6.45) is 3.79. The van der Waals surface area contributed by atoms with Crippen LogP contribution in [0.3, 0.4) is 0 Å². The summed E-state index contributed by atoms with van der Waals surface area (Å²) in [6.45, 7) is 2.13. The van der Waals surface area contributed by atoms with Crippen molar-refractivity contribution in [1.82, 2.24) is 14.1 Å². The molecule has 1 atom stereocenters. The first-order chi connectivity index (χ1) is 12.5. The highest BCUT2D eigenvalue weighted by atomic mass is 35.5. The van der Waals surface area contributed by atoms with Gasteiger partial charge in [-0.25, -0.2) is 4.98 Å². The Kier molecular flexibility index (Phi) is 4.46. The molecule has 3 heterocycles. The molecule has 0 saturated carbocycles. The van der Waals surface area contributed by atoms with Gasteiger partial charge in [0.05, 0.1) is 12.1 Å². The topological polar surface area (TPSA) is 69.1 Å². The quantitative estimate of drug-likeness (QED) is 0.767. The second-order valence-corrected chi connectivity index (χ2v) is 7.31. The van der Waals surface area contributed by atoms with E-state index in [0.717, 1.165) is 37.4 Å². The Morgan fingerprint density at radius 2 is 2.12 bits per heavy atom. The van der Waals surface area contributed by atoms with E-state index < -0.39 is 0 Å². The number of pyridine rings is 1. The van der Waals surface area contributed by atoms with Gasteiger partial charge in [-0.2, -0.15) is 0 Å². The van der Waals surface area contributed by atoms with E-state index in [1.165, 1.54) is 0 Å². The minimum Gasteiger partial charge on any atom is -0.341 e. The molecule has 1 fully saturated rings. The standard InChI is InChI=1S/C19H22ClN5O/c1-23-10-8-16-17(18(23)26)25(11-13-5-2-3-7-15(13)20)19(22-16)24-9-4-6-14(21)12-24/h2-3,5,7-8,10,14H,4,6,9,11-12,21H2,1H3/t14-/m1/s1. The number of piperidine rings is 1. The van der Waals surface area contributed by atoms with E-state index in [1.807, 2.05) is 34.9 Å². The third kappa shape index (κ3) is 2.99. The average Bonchev–Trinajstić information content (AvgIpc) is 2.99. The predicted octanol–water partition coefficient (Wildman–Crippen LogP) is 2.36. The zero-order valence-electron chi connectivity index (χ0n) is 14.7. The fourth-order valence-electron chi connectivity index (χ4n) is 3.60. The molecule has 26 heavy (non-hydrogen) atoms. The number of hydrogen-bond acceptors (Lipinski definition) is 4. The maximum atomic E-state index is 12.8. The van der Waals surface area contributed by atoms with Crippen LogP contribution in [0.1, 0.15) is 18.4 Å². The highest BCUT2D eigenvalue weighted by Crippen LogP contribution is 2.26. The van der Waals surface area contributed by atoms with Crippen LogP contribution in [0.25, 0.3) is 11.0 Å². The van der Waals surface area contributed by atoms with E-state index in [2.05, 4.69) is 4.90 Å². The number of fused-ring (bicyclic) bond motifs is 1. The fraction of sp³-hybridized carbons (Fsp3) is 0.368. The second kappa shape index (κ2) is 6.78. The lowest BCUT2D eigenvalue weighted by atomic mass is 10.1. The molecule has 2 aromatic heterocycles. The van der Waals surface area contributed by atoms with Crippen LogP contribution in [0, 0.1) is 0 Å². The van der Waals surface area contributed by atoms with Crippen LogP contribution in [0.15, 0.2) is 41.3 Å². The molecule has 7 heteroatoms. The van der Waals surface area contributed by atoms with E-state index in [9.17, 15) is 4.79 Å². The number of benzene rings is 1. The van der Waals surface area contributed by atoms with Crippen molar-refractivity contribution in [2.45, 2.75) is 25.4 Å². The zero-order chi connectivity index (χ0) is 18.3. The van der Waals surface area contributed by atoms with Crippen LogP contribution in [0.4, 0.5) is 5.95 Å². The Morgan fingerprint density at radius 3 is 2.88 bits per heavy atom. The Labute approximate surface area is 156 Å². The van der Waals surface area contributed by atoms with Crippen LogP contribution in [0.5, 0.6) is 0 Å². The van der Waals surface area contributed by atoms with E-state index in [4.69, 9.17) is 22.3 Å². The number of anilines is 1. The third-order valence-corrected chi connectivity index (χ3v) is 5.35. The summed E-state index contributed by atoms with van der Waals surface area (Å²) in [5.41, 5.74) is 8.38. The summed E-state index contributed by atoms with van der Waals surface area (Å²) in [5, 5.41) is 0.684. The van der Waals surface area contributed by atoms with E-state index >= 15 is 0 Å². The Balaban J connectivity index is 1.89. The number of aromatic nitrogens is 3. The normalized spacial score (nSPS) is 17.8. The summed E-state index contributed by atoms with van der Waals surface area (Å²) in [6, 6.07) is 9.71. The van der Waals surface area contributed by atoms with Gasteiger partial charge < -0.3 is 19.8 Å². The van der Waals surface area contributed by atoms with Gasteiger partial charge in [-0.05, 0) is 30.5 Å². The molecular formula is C19H22ClN5O. The molecule has 136 valence electrons. The predicted molar refractivity (Wildman–Crippen MR) is 105 cm³/mol. The van der Waals surface area contributed by atoms with Gasteiger partial charge in [0.15, 0.2) is 0 Å². The summed E-state index contributed by atoms with van der Waals surface area (Å²) < 4.78 is 3.57. The van der Waals surface area contributed by atoms with Crippen LogP contribution >= 0.6 is 11.6 Å². The maximum Gasteiger partial charge on any atom is 0.276 e. The minimum atomic E-state index is -0.0605. The molecule has 4 rings (SSSR count). The van der Waals surface area contributed by atoms with Gasteiger partial charge in [0.25, 0.3) is 5.56 Å². The van der Waals surface area contributed by atoms with Crippen molar-refractivity contribution >= 4 is 28.6 Å². The van der Waals surface area contributed by atoms with E-state index in [-0.39, 0.29) is 11.6 Å². The molecule has 3 aromatic rings. The summed E-state index contributed by atoms with van der Waals surface area (Å²) in [7, 11) is 1.76. The van der Waals surface area contributed by atoms with Gasteiger partial charge in [-0.3, -0.25) is 4.79 Å². The van der Waals surface area contributed by atoms with Crippen molar-refractivity contribution in [1.29, 1.82) is 0 Å². The molecule has 0 radical (unpaired) electrons. The third-order valence-electron chi connectivity index (χ3n) is 4.98. The Morgan fingerprint density at radius 1 is 1.31 bits per heavy atom. The molecule has 1 aromatic carbocycles. The number of hydrogen-bond donors (Lipinski definition) is 1. The fourth-order valence-corrected chi connectivity index (χ4v) is 3.79. The Hall–Kier alpha value is -2.31. The first-order valence-corrected chi connectivity index (χ1v) is 9.22. The van der Waals surface area contributed by atoms with Crippen molar-refractivity contribution in [2.75, 3.05) is 18.0 Å². The molecular weight excluding hydrogens is 350 g/mol. The van der Waals surface area contributed by atoms with Gasteiger partial charge in [-0.1, -0.05) is 29.8 Å². The molecule has 0 amide bonds. The number of halogens is 1. The SMILES string of the molecule is Cn1ccc2nc(N3CCC[C@@H](N)C3)n(Cc3ccccc3Cl)c2c1=O. The second-order valence-electron chi connectivity index (χ2n) is 6.90. The lowest BCUT2D eigenvalue weighted by Crippen LogP contribution is -2.44. The van der Waals surface area contributed by atoms with Gasteiger partial charge in [0.2, 0.25) is 5.95 Å². The summed E-state index contributed by atoms with van der Waals surface area (Å²) >= 11 is 6.37. The smallest absolute Gasteiger partial charge is 0.276 e. The van der Waals surface area contributed by atoms with Crippen molar-refractivity contribution < 1.29 is 0 Å². The molecule has 1 aliphatic heterocycles. The van der Waals surface area contributed by atoms with Crippen molar-refractivity contribution in [3.8, 4) is 0 Å². The van der Waals surface area contributed by atoms with E-state index in [0.29, 0.717) is 22.6 Å². The van der Waals surface area contributed by atoms with Gasteiger partial charge in [0.1, 0.15) is 5.52 Å². The first-order valence-electron chi connectivity index (χ1n) is 8.84. The Bertz CT molecular complexity index is 1010. The molecule has 1 saturated heterocycles. The highest BCUT2D eigenvalue weighted by molar-refractivity contribution is 6.31. The molecule has 0 spiro atoms. The average molecular weight is 372 g/mol. The number of aryl methyl sites for hydroxylation is 1. The number of imidazole rings is 1. The van der Waals surface area contributed by atoms with Crippen LogP contribution in [-0.2, 0) is 13.6 Å². The minimum absolute atomic E-state index is 0.0605. The van der Waals surface area contributed by atoms with E-state index in [1.54, 1.807) is 17.8 Å². The largest absolute Gasteiger partial charge is 0.341 e. The molecule has 1 aliphatic rings. The number of rotatable bonds is 3. The molecule has 0 aliphatic carbocycles. The highest BCUT2D eigenvalue weighted by Gasteiger charge is 2.24. The first kappa shape index (κ1) is 17.1. The number of nitrogens with two attached hydrogens (primary N) is 1. The summed E-state index contributed by atoms with van der Waals surface area (Å²) in [5.74, 6) is 0.790. The molecule has 0 unspecified atom stereocenters. The lowest BCUT2D eigenvalue weighted by Gasteiger charge is -2.32. The lowest BCUT2D eigenvalue weighted by molar-refractivity contribution is 0.495. The van der Waals surface area contributed by atoms with Crippen molar-refractivity contribution in [3.05, 3.63) is 57.5 Å². The van der Waals surface area contributed by atoms with Gasteiger partial charge in [0, 0.05) is 37.4 Å². The van der Waals surface area contributed by atoms with Crippen molar-refractivity contribution in [2.24, 2.45) is 12.8 Å². The van der Waals surface area contributed by atoms with Crippen LogP contribution < -0.4 is 16.2 Å². The van der Waals surface area contributed by atoms with Crippen LogP contribution in [0.2, 0.25) is 5.02 Å². The molecule has 2 N–H and O–H groups in total. The maximum absolute atomic E-state index is 12.8. The van der Waals surface area contributed by atoms with Crippen LogP contribution in [-0.4, -0.2) is 33.2 Å². The number of nitrogens with zero attached hydrogens (tertiary/aromatic N) is 4. The molecule has 6 nitrogen and oxygen atoms in total. The summed E-state index contributed by atoms with van der Waals surface area (Å²) in [4.78, 5) is 19.8. The zero-order valence-corrected chi connectivity index (χ0v) is 15.5. The molecule has 0 bridgehead atoms. The monoisotopic (exact) mass is 371 g/mol. The van der Waals surface area contributed by atoms with Gasteiger partial charge >= 0.3 is 0 Å². The van der Waals surface area contributed by atoms with Gasteiger partial charge in [-0.15, -0.1) is 0 Å². The van der Waals surface area contributed by atoms with Crippen molar-refractivity contribution in [3.63, 3.8) is 0 Å².